The molecule has 6 heteroatoms. The normalized spacial score (nSPS) is 14.2. The Labute approximate surface area is 127 Å². The number of nitrogens with one attached hydrogen (secondary N) is 1. The van der Waals surface area contributed by atoms with Crippen LogP contribution < -0.4 is 19.5 Å². The van der Waals surface area contributed by atoms with Gasteiger partial charge in [0.2, 0.25) is 6.79 Å². The number of hydrogen-bond acceptors (Lipinski definition) is 6. The fourth-order valence-corrected chi connectivity index (χ4v) is 2.90. The summed E-state index contributed by atoms with van der Waals surface area (Å²) in [6, 6.07) is 5.91. The maximum Gasteiger partial charge on any atom is 0.231 e. The summed E-state index contributed by atoms with van der Waals surface area (Å²) in [5.41, 5.74) is 0. The quantitative estimate of drug-likeness (QED) is 0.832. The summed E-state index contributed by atoms with van der Waals surface area (Å²) < 4.78 is 16.3. The molecule has 1 N–H and O–H groups in total. The van der Waals surface area contributed by atoms with Crippen molar-refractivity contribution in [2.24, 2.45) is 0 Å². The zero-order valence-corrected chi connectivity index (χ0v) is 12.9. The van der Waals surface area contributed by atoms with Gasteiger partial charge < -0.3 is 19.5 Å². The number of aryl methyl sites for hydroxylation is 1. The first kappa shape index (κ1) is 14.2. The molecule has 0 unspecified atom stereocenters. The molecular formula is C15H18N2O3S. The van der Waals surface area contributed by atoms with Crippen molar-refractivity contribution < 1.29 is 14.2 Å². The molecule has 2 aromatic rings. The summed E-state index contributed by atoms with van der Waals surface area (Å²) in [5, 5.41) is 4.52. The molecule has 1 aromatic heterocycles. The largest absolute Gasteiger partial charge is 0.492 e. The molecule has 0 spiro atoms. The molecule has 5 nitrogen and oxygen atoms in total. The monoisotopic (exact) mass is 306 g/mol. The minimum Gasteiger partial charge on any atom is -0.492 e. The number of hydrogen-bond donors (Lipinski definition) is 1. The lowest BCUT2D eigenvalue weighted by Gasteiger charge is -2.12. The molecule has 21 heavy (non-hydrogen) atoms. The van der Waals surface area contributed by atoms with Gasteiger partial charge in [0.15, 0.2) is 11.5 Å². The minimum absolute atomic E-state index is 0.284. The van der Waals surface area contributed by atoms with Gasteiger partial charge in [0, 0.05) is 29.7 Å². The minimum atomic E-state index is 0.284. The van der Waals surface area contributed by atoms with Crippen molar-refractivity contribution in [2.75, 3.05) is 19.9 Å². The summed E-state index contributed by atoms with van der Waals surface area (Å²) in [7, 11) is 0. The lowest BCUT2D eigenvalue weighted by Crippen LogP contribution is -2.23. The third-order valence-electron chi connectivity index (χ3n) is 3.23. The highest BCUT2D eigenvalue weighted by molar-refractivity contribution is 7.11. The molecule has 1 aliphatic rings. The Kier molecular flexibility index (Phi) is 4.26. The van der Waals surface area contributed by atoms with Gasteiger partial charge in [-0.1, -0.05) is 0 Å². The fourth-order valence-electron chi connectivity index (χ4n) is 2.09. The van der Waals surface area contributed by atoms with Gasteiger partial charge in [-0.3, -0.25) is 0 Å². The van der Waals surface area contributed by atoms with Crippen LogP contribution in [0.15, 0.2) is 24.4 Å². The first-order chi connectivity index (χ1) is 10.2. The molecule has 0 bridgehead atoms. The van der Waals surface area contributed by atoms with Gasteiger partial charge in [0.1, 0.15) is 12.4 Å². The SMILES string of the molecule is Cc1ncc([C@@H](C)NCCOc2ccc3c(c2)OCO3)s1. The van der Waals surface area contributed by atoms with E-state index < -0.39 is 0 Å². The van der Waals surface area contributed by atoms with Gasteiger partial charge in [-0.05, 0) is 26.0 Å². The van der Waals surface area contributed by atoms with Gasteiger partial charge in [0.05, 0.1) is 5.01 Å². The molecule has 0 radical (unpaired) electrons. The van der Waals surface area contributed by atoms with E-state index >= 15 is 0 Å². The molecule has 1 atom stereocenters. The molecule has 1 aliphatic heterocycles. The van der Waals surface area contributed by atoms with Crippen LogP contribution in [0.5, 0.6) is 17.2 Å². The van der Waals surface area contributed by atoms with Crippen molar-refractivity contribution >= 4 is 11.3 Å². The van der Waals surface area contributed by atoms with Crippen molar-refractivity contribution in [3.05, 3.63) is 34.3 Å². The first-order valence-electron chi connectivity index (χ1n) is 6.90. The summed E-state index contributed by atoms with van der Waals surface area (Å²) in [6.45, 7) is 5.80. The van der Waals surface area contributed by atoms with E-state index in [2.05, 4.69) is 17.2 Å². The molecule has 0 saturated heterocycles. The smallest absolute Gasteiger partial charge is 0.231 e. The zero-order valence-electron chi connectivity index (χ0n) is 12.1. The lowest BCUT2D eigenvalue weighted by molar-refractivity contribution is 0.173. The summed E-state index contributed by atoms with van der Waals surface area (Å²) >= 11 is 1.72. The Morgan fingerprint density at radius 2 is 2.24 bits per heavy atom. The van der Waals surface area contributed by atoms with Crippen LogP contribution in [-0.4, -0.2) is 24.9 Å². The van der Waals surface area contributed by atoms with Gasteiger partial charge in [-0.25, -0.2) is 4.98 Å². The maximum atomic E-state index is 5.71. The van der Waals surface area contributed by atoms with E-state index in [1.165, 1.54) is 4.88 Å². The van der Waals surface area contributed by atoms with Crippen LogP contribution in [0.3, 0.4) is 0 Å². The Morgan fingerprint density at radius 1 is 1.38 bits per heavy atom. The molecule has 1 aromatic carbocycles. The van der Waals surface area contributed by atoms with Crippen LogP contribution in [0.25, 0.3) is 0 Å². The number of thiazole rings is 1. The van der Waals surface area contributed by atoms with Gasteiger partial charge in [-0.15, -0.1) is 11.3 Å². The van der Waals surface area contributed by atoms with Crippen molar-refractivity contribution in [3.8, 4) is 17.2 Å². The number of rotatable bonds is 6. The van der Waals surface area contributed by atoms with Crippen LogP contribution in [0.4, 0.5) is 0 Å². The van der Waals surface area contributed by atoms with E-state index in [0.29, 0.717) is 6.61 Å². The second kappa shape index (κ2) is 6.32. The predicted octanol–water partition coefficient (Wildman–Crippen LogP) is 2.91. The zero-order chi connectivity index (χ0) is 14.7. The van der Waals surface area contributed by atoms with Crippen molar-refractivity contribution in [2.45, 2.75) is 19.9 Å². The second-order valence-corrected chi connectivity index (χ2v) is 6.09. The van der Waals surface area contributed by atoms with Crippen molar-refractivity contribution in [1.82, 2.24) is 10.3 Å². The topological polar surface area (TPSA) is 52.6 Å². The molecule has 112 valence electrons. The van der Waals surface area contributed by atoms with E-state index in [9.17, 15) is 0 Å². The Hall–Kier alpha value is -1.79. The first-order valence-corrected chi connectivity index (χ1v) is 7.72. The second-order valence-electron chi connectivity index (χ2n) is 4.82. The number of aromatic nitrogens is 1. The molecule has 0 fully saturated rings. The summed E-state index contributed by atoms with van der Waals surface area (Å²) in [4.78, 5) is 5.51. The van der Waals surface area contributed by atoms with E-state index in [1.807, 2.05) is 31.3 Å². The molecule has 0 saturated carbocycles. The highest BCUT2D eigenvalue weighted by Gasteiger charge is 2.13. The van der Waals surface area contributed by atoms with Crippen molar-refractivity contribution in [1.29, 1.82) is 0 Å². The number of nitrogens with zero attached hydrogens (tertiary/aromatic N) is 1. The van der Waals surface area contributed by atoms with Crippen LogP contribution >= 0.6 is 11.3 Å². The average molecular weight is 306 g/mol. The molecular weight excluding hydrogens is 288 g/mol. The number of benzene rings is 1. The molecule has 3 rings (SSSR count). The Morgan fingerprint density at radius 3 is 3.05 bits per heavy atom. The summed E-state index contributed by atoms with van der Waals surface area (Å²) in [6.07, 6.45) is 1.93. The van der Waals surface area contributed by atoms with Crippen molar-refractivity contribution in [3.63, 3.8) is 0 Å². The van der Waals surface area contributed by atoms with E-state index in [-0.39, 0.29) is 12.8 Å². The standard InChI is InChI=1S/C15H18N2O3S/c1-10(15-8-17-11(2)21-15)16-5-6-18-12-3-4-13-14(7-12)20-9-19-13/h3-4,7-8,10,16H,5-6,9H2,1-2H3/t10-/m1/s1. The van der Waals surface area contributed by atoms with Crippen LogP contribution in [0.2, 0.25) is 0 Å². The predicted molar refractivity (Wildman–Crippen MR) is 81.3 cm³/mol. The lowest BCUT2D eigenvalue weighted by atomic mass is 10.3. The molecule has 0 amide bonds. The third-order valence-corrected chi connectivity index (χ3v) is 4.33. The van der Waals surface area contributed by atoms with Crippen LogP contribution in [0.1, 0.15) is 22.9 Å². The van der Waals surface area contributed by atoms with E-state index in [4.69, 9.17) is 14.2 Å². The van der Waals surface area contributed by atoms with Crippen LogP contribution in [0, 0.1) is 6.92 Å². The highest BCUT2D eigenvalue weighted by Crippen LogP contribution is 2.35. The Bertz CT molecular complexity index is 615. The third kappa shape index (κ3) is 3.46. The van der Waals surface area contributed by atoms with Gasteiger partial charge >= 0.3 is 0 Å². The van der Waals surface area contributed by atoms with E-state index in [1.54, 1.807) is 11.3 Å². The van der Waals surface area contributed by atoms with Gasteiger partial charge in [-0.2, -0.15) is 0 Å². The fraction of sp³-hybridized carbons (Fsp3) is 0.400. The number of ether oxygens (including phenoxy) is 3. The maximum absolute atomic E-state index is 5.71. The summed E-state index contributed by atoms with van der Waals surface area (Å²) in [5.74, 6) is 2.31. The Balaban J connectivity index is 1.44. The highest BCUT2D eigenvalue weighted by atomic mass is 32.1. The van der Waals surface area contributed by atoms with Crippen LogP contribution in [-0.2, 0) is 0 Å². The molecule has 2 heterocycles. The average Bonchev–Trinajstić information content (AvgIpc) is 3.11. The van der Waals surface area contributed by atoms with Gasteiger partial charge in [0.25, 0.3) is 0 Å². The number of fused-ring (bicyclic) bond motifs is 1. The molecule has 0 aliphatic carbocycles. The van der Waals surface area contributed by atoms with E-state index in [0.717, 1.165) is 28.8 Å².